The van der Waals surface area contributed by atoms with Crippen LogP contribution in [0.1, 0.15) is 39.5 Å². The van der Waals surface area contributed by atoms with Crippen molar-refractivity contribution in [3.8, 4) is 11.5 Å². The molecule has 3 rings (SSSR count). The van der Waals surface area contributed by atoms with Crippen LogP contribution < -0.4 is 9.47 Å². The molecule has 0 saturated heterocycles. The van der Waals surface area contributed by atoms with E-state index in [-0.39, 0.29) is 5.97 Å². The van der Waals surface area contributed by atoms with Gasteiger partial charge in [-0.2, -0.15) is 20.5 Å². The first-order valence-electron chi connectivity index (χ1n) is 13.8. The average Bonchev–Trinajstić information content (AvgIpc) is 2.99. The first-order valence-corrected chi connectivity index (χ1v) is 14.6. The topological polar surface area (TPSA) is 103 Å². The van der Waals surface area contributed by atoms with Gasteiger partial charge < -0.3 is 18.9 Å². The van der Waals surface area contributed by atoms with Crippen molar-refractivity contribution in [3.05, 3.63) is 85.6 Å². The lowest BCUT2D eigenvalue weighted by Gasteiger charge is -2.14. The summed E-state index contributed by atoms with van der Waals surface area (Å²) in [5, 5.41) is 17.1. The van der Waals surface area contributed by atoms with Gasteiger partial charge in [-0.1, -0.05) is 22.5 Å². The van der Waals surface area contributed by atoms with Crippen LogP contribution in [0, 0.1) is 0 Å². The van der Waals surface area contributed by atoms with E-state index in [2.05, 4.69) is 43.0 Å². The largest absolute Gasteiger partial charge is 0.498 e. The first kappa shape index (κ1) is 32.5. The lowest BCUT2D eigenvalue weighted by atomic mass is 10.2. The van der Waals surface area contributed by atoms with Gasteiger partial charge in [0.15, 0.2) is 0 Å². The molecule has 0 fully saturated rings. The Bertz CT molecular complexity index is 1290. The smallest absolute Gasteiger partial charge is 0.322 e. The maximum absolute atomic E-state index is 11.7. The molecule has 0 unspecified atom stereocenters. The Kier molecular flexibility index (Phi) is 13.7. The number of ether oxygens (including phenoxy) is 4. The van der Waals surface area contributed by atoms with Crippen LogP contribution in [0.3, 0.4) is 0 Å². The van der Waals surface area contributed by atoms with Crippen LogP contribution >= 0.6 is 15.9 Å². The first-order chi connectivity index (χ1) is 20.3. The maximum Gasteiger partial charge on any atom is 0.322 e. The van der Waals surface area contributed by atoms with Crippen LogP contribution in [0.4, 0.5) is 22.7 Å². The zero-order valence-corrected chi connectivity index (χ0v) is 25.7. The summed E-state index contributed by atoms with van der Waals surface area (Å²) < 4.78 is 21.0. The molecule has 9 nitrogen and oxygen atoms in total. The lowest BCUT2D eigenvalue weighted by molar-refractivity contribution is -0.145. The molecule has 3 aromatic rings. The fourth-order valence-electron chi connectivity index (χ4n) is 3.41. The van der Waals surface area contributed by atoms with Crippen molar-refractivity contribution in [2.75, 3.05) is 26.4 Å². The number of benzene rings is 3. The van der Waals surface area contributed by atoms with E-state index in [0.29, 0.717) is 37.8 Å². The Morgan fingerprint density at radius 1 is 0.667 bits per heavy atom. The summed E-state index contributed by atoms with van der Waals surface area (Å²) in [7, 11) is 0. The van der Waals surface area contributed by atoms with Gasteiger partial charge in [-0.3, -0.25) is 4.79 Å². The van der Waals surface area contributed by atoms with E-state index in [9.17, 15) is 4.79 Å². The predicted octanol–water partition coefficient (Wildman–Crippen LogP) is 9.71. The second-order valence-corrected chi connectivity index (χ2v) is 11.6. The van der Waals surface area contributed by atoms with E-state index < -0.39 is 4.32 Å². The third kappa shape index (κ3) is 12.6. The molecule has 0 aromatic heterocycles. The Balaban J connectivity index is 1.34. The number of carbonyl (C=O) groups is 1. The monoisotopic (exact) mass is 636 g/mol. The molecule has 0 bridgehead atoms. The second-order valence-electron chi connectivity index (χ2n) is 9.66. The van der Waals surface area contributed by atoms with Gasteiger partial charge in [-0.15, -0.1) is 0 Å². The minimum atomic E-state index is -0.634. The quantitative estimate of drug-likeness (QED) is 0.0454. The van der Waals surface area contributed by atoms with Gasteiger partial charge in [-0.05, 0) is 112 Å². The molecule has 42 heavy (non-hydrogen) atoms. The zero-order chi connectivity index (χ0) is 30.0. The van der Waals surface area contributed by atoms with Gasteiger partial charge in [0.05, 0.1) is 42.2 Å². The number of hydrogen-bond acceptors (Lipinski definition) is 9. The van der Waals surface area contributed by atoms with Crippen LogP contribution in [-0.2, 0) is 14.3 Å². The average molecular weight is 638 g/mol. The number of alkyl halides is 1. The van der Waals surface area contributed by atoms with Crippen LogP contribution in [0.15, 0.2) is 106 Å². The standard InChI is InChI=1S/C32H37BrN4O5/c1-4-39-23-24-41-30-19-15-28(16-20-30)37-35-26-11-9-25(10-12-26)34-36-27-13-17-29(18-14-27)40-21-7-5-6-8-22-42-31(38)32(2,3)33/h4,9-20H,1,5-8,21-24H2,2-3H3. The fraction of sp³-hybridized carbons (Fsp3) is 0.344. The summed E-state index contributed by atoms with van der Waals surface area (Å²) in [5.74, 6) is 1.29. The molecular weight excluding hydrogens is 600 g/mol. The molecule has 0 aliphatic rings. The summed E-state index contributed by atoms with van der Waals surface area (Å²) in [6, 6.07) is 22.2. The number of rotatable bonds is 18. The molecule has 3 aromatic carbocycles. The molecule has 0 aliphatic heterocycles. The van der Waals surface area contributed by atoms with Gasteiger partial charge in [0.1, 0.15) is 29.0 Å². The molecule has 0 atom stereocenters. The highest BCUT2D eigenvalue weighted by molar-refractivity contribution is 9.10. The van der Waals surface area contributed by atoms with E-state index >= 15 is 0 Å². The number of carbonyl (C=O) groups excluding carboxylic acids is 1. The fourth-order valence-corrected chi connectivity index (χ4v) is 3.52. The number of halogens is 1. The van der Waals surface area contributed by atoms with Gasteiger partial charge in [0, 0.05) is 0 Å². The van der Waals surface area contributed by atoms with E-state index in [1.165, 1.54) is 6.26 Å². The third-order valence-electron chi connectivity index (χ3n) is 5.70. The Morgan fingerprint density at radius 2 is 1.07 bits per heavy atom. The molecule has 0 amide bonds. The van der Waals surface area contributed by atoms with Gasteiger partial charge in [0.25, 0.3) is 0 Å². The molecule has 0 spiro atoms. The summed E-state index contributed by atoms with van der Waals surface area (Å²) in [4.78, 5) is 11.7. The molecule has 0 saturated carbocycles. The summed E-state index contributed by atoms with van der Waals surface area (Å²) in [5.41, 5.74) is 2.87. The van der Waals surface area contributed by atoms with E-state index in [1.54, 1.807) is 13.8 Å². The maximum atomic E-state index is 11.7. The van der Waals surface area contributed by atoms with Gasteiger partial charge in [-0.25, -0.2) is 0 Å². The highest BCUT2D eigenvalue weighted by Crippen LogP contribution is 2.25. The van der Waals surface area contributed by atoms with Gasteiger partial charge in [0.2, 0.25) is 0 Å². The van der Waals surface area contributed by atoms with Crippen LogP contribution in [0.5, 0.6) is 11.5 Å². The van der Waals surface area contributed by atoms with Crippen molar-refractivity contribution in [2.45, 2.75) is 43.9 Å². The molecule has 0 radical (unpaired) electrons. The summed E-state index contributed by atoms with van der Waals surface area (Å²) >= 11 is 3.30. The minimum Gasteiger partial charge on any atom is -0.498 e. The summed E-state index contributed by atoms with van der Waals surface area (Å²) in [6.07, 6.45) is 5.17. The number of azo groups is 2. The Morgan fingerprint density at radius 3 is 1.50 bits per heavy atom. The van der Waals surface area contributed by atoms with Gasteiger partial charge >= 0.3 is 5.97 Å². The van der Waals surface area contributed by atoms with Crippen molar-refractivity contribution in [1.82, 2.24) is 0 Å². The van der Waals surface area contributed by atoms with E-state index in [1.807, 2.05) is 72.8 Å². The van der Waals surface area contributed by atoms with Crippen molar-refractivity contribution in [1.29, 1.82) is 0 Å². The highest BCUT2D eigenvalue weighted by Gasteiger charge is 2.24. The minimum absolute atomic E-state index is 0.234. The molecular formula is C32H37BrN4O5. The van der Waals surface area contributed by atoms with Crippen LogP contribution in [0.2, 0.25) is 0 Å². The SMILES string of the molecule is C=COCCOc1ccc(N=Nc2ccc(N=Nc3ccc(OCCCCCCOC(=O)C(C)(C)Br)cc3)cc2)cc1. The Hall–Kier alpha value is -4.05. The Labute approximate surface area is 255 Å². The number of hydrogen-bond donors (Lipinski definition) is 0. The second kappa shape index (κ2) is 17.7. The molecule has 10 heteroatoms. The van der Waals surface area contributed by atoms with Crippen LogP contribution in [0.25, 0.3) is 0 Å². The number of esters is 1. The molecule has 0 N–H and O–H groups in total. The zero-order valence-electron chi connectivity index (χ0n) is 24.1. The van der Waals surface area contributed by atoms with Crippen molar-refractivity contribution >= 4 is 44.6 Å². The van der Waals surface area contributed by atoms with Crippen LogP contribution in [-0.4, -0.2) is 36.7 Å². The van der Waals surface area contributed by atoms with Crippen molar-refractivity contribution in [3.63, 3.8) is 0 Å². The third-order valence-corrected chi connectivity index (χ3v) is 6.02. The van der Waals surface area contributed by atoms with E-state index in [0.717, 1.165) is 48.6 Å². The highest BCUT2D eigenvalue weighted by atomic mass is 79.9. The lowest BCUT2D eigenvalue weighted by Crippen LogP contribution is -2.26. The summed E-state index contributed by atoms with van der Waals surface area (Å²) in [6.45, 7) is 9.01. The van der Waals surface area contributed by atoms with E-state index in [4.69, 9.17) is 18.9 Å². The number of nitrogens with zero attached hydrogens (tertiary/aromatic N) is 4. The molecule has 0 aliphatic carbocycles. The predicted molar refractivity (Wildman–Crippen MR) is 167 cm³/mol. The normalized spacial score (nSPS) is 11.5. The van der Waals surface area contributed by atoms with Crippen molar-refractivity contribution < 1.29 is 23.7 Å². The number of unbranched alkanes of at least 4 members (excludes halogenated alkanes) is 3. The molecule has 0 heterocycles. The molecule has 222 valence electrons. The van der Waals surface area contributed by atoms with Crippen molar-refractivity contribution in [2.24, 2.45) is 20.5 Å².